The predicted molar refractivity (Wildman–Crippen MR) is 69.3 cm³/mol. The van der Waals surface area contributed by atoms with Crippen LogP contribution in [0.4, 0.5) is 13.2 Å². The van der Waals surface area contributed by atoms with Gasteiger partial charge in [0.05, 0.1) is 12.2 Å². The van der Waals surface area contributed by atoms with Crippen LogP contribution in [0.25, 0.3) is 0 Å². The highest BCUT2D eigenvalue weighted by Gasteiger charge is 2.34. The van der Waals surface area contributed by atoms with E-state index in [9.17, 15) is 18.0 Å². The molecule has 0 spiro atoms. The molecular weight excluding hydrogens is 287 g/mol. The molecule has 116 valence electrons. The highest BCUT2D eigenvalue weighted by Crippen LogP contribution is 2.27. The van der Waals surface area contributed by atoms with Crippen molar-refractivity contribution >= 4 is 5.78 Å². The van der Waals surface area contributed by atoms with E-state index in [1.807, 2.05) is 11.8 Å². The third-order valence-corrected chi connectivity index (χ3v) is 3.27. The van der Waals surface area contributed by atoms with Gasteiger partial charge in [-0.2, -0.15) is 0 Å². The molecule has 1 heterocycles. The van der Waals surface area contributed by atoms with Gasteiger partial charge in [-0.3, -0.25) is 9.69 Å². The van der Waals surface area contributed by atoms with Gasteiger partial charge in [-0.25, -0.2) is 0 Å². The summed E-state index contributed by atoms with van der Waals surface area (Å²) in [5.41, 5.74) is -0.113. The Morgan fingerprint density at radius 3 is 2.81 bits per heavy atom. The Labute approximate surface area is 120 Å². The number of benzene rings is 1. The molecule has 1 atom stereocenters. The number of morpholine rings is 1. The van der Waals surface area contributed by atoms with Crippen LogP contribution >= 0.6 is 0 Å². The topological polar surface area (TPSA) is 38.8 Å². The van der Waals surface area contributed by atoms with Crippen LogP contribution in [0.2, 0.25) is 0 Å². The first-order valence-corrected chi connectivity index (χ1v) is 6.63. The molecular formula is C14H16F3NO3. The lowest BCUT2D eigenvalue weighted by atomic mass is 10.0. The van der Waals surface area contributed by atoms with E-state index in [4.69, 9.17) is 4.74 Å². The van der Waals surface area contributed by atoms with Crippen LogP contribution in [0.5, 0.6) is 5.75 Å². The second-order valence-corrected chi connectivity index (χ2v) is 4.66. The number of carbonyl (C=O) groups is 1. The van der Waals surface area contributed by atoms with Gasteiger partial charge in [0.1, 0.15) is 11.9 Å². The minimum atomic E-state index is -4.83. The maximum Gasteiger partial charge on any atom is 0.573 e. The lowest BCUT2D eigenvalue weighted by Gasteiger charge is -2.31. The van der Waals surface area contributed by atoms with Gasteiger partial charge in [0.2, 0.25) is 0 Å². The van der Waals surface area contributed by atoms with Gasteiger partial charge in [-0.1, -0.05) is 19.1 Å². The molecule has 21 heavy (non-hydrogen) atoms. The Balaban J connectivity index is 2.19. The Hall–Kier alpha value is -1.60. The van der Waals surface area contributed by atoms with E-state index in [1.54, 1.807) is 0 Å². The summed E-state index contributed by atoms with van der Waals surface area (Å²) in [5.74, 6) is -0.986. The standard InChI is InChI=1S/C14H16F3NO3/c1-2-18-7-8-20-12(9-18)13(19)10-5-3-4-6-11(10)21-14(15,16)17/h3-6,12H,2,7-9H2,1H3. The summed E-state index contributed by atoms with van der Waals surface area (Å²) in [7, 11) is 0. The maximum atomic E-state index is 12.4. The summed E-state index contributed by atoms with van der Waals surface area (Å²) >= 11 is 0. The third kappa shape index (κ3) is 4.18. The van der Waals surface area contributed by atoms with Gasteiger partial charge < -0.3 is 9.47 Å². The van der Waals surface area contributed by atoms with Crippen molar-refractivity contribution in [3.05, 3.63) is 29.8 Å². The van der Waals surface area contributed by atoms with Gasteiger partial charge in [0, 0.05) is 13.1 Å². The SMILES string of the molecule is CCN1CCOC(C(=O)c2ccccc2OC(F)(F)F)C1. The minimum Gasteiger partial charge on any atom is -0.405 e. The maximum absolute atomic E-state index is 12.4. The van der Waals surface area contributed by atoms with Gasteiger partial charge in [-0.15, -0.1) is 13.2 Å². The number of ketones is 1. The molecule has 1 fully saturated rings. The Bertz CT molecular complexity index is 504. The Kier molecular flexibility index (Phi) is 4.84. The van der Waals surface area contributed by atoms with E-state index in [-0.39, 0.29) is 5.56 Å². The third-order valence-electron chi connectivity index (χ3n) is 3.27. The number of hydrogen-bond donors (Lipinski definition) is 0. The number of alkyl halides is 3. The van der Waals surface area contributed by atoms with E-state index >= 15 is 0 Å². The highest BCUT2D eigenvalue weighted by molar-refractivity contribution is 6.02. The van der Waals surface area contributed by atoms with Crippen molar-refractivity contribution in [1.29, 1.82) is 0 Å². The van der Waals surface area contributed by atoms with Crippen molar-refractivity contribution in [3.8, 4) is 5.75 Å². The summed E-state index contributed by atoms with van der Waals surface area (Å²) in [5, 5.41) is 0. The van der Waals surface area contributed by atoms with Crippen LogP contribution in [0.3, 0.4) is 0 Å². The molecule has 0 N–H and O–H groups in total. The molecule has 0 aliphatic carbocycles. The molecule has 1 aliphatic heterocycles. The minimum absolute atomic E-state index is 0.113. The molecule has 7 heteroatoms. The zero-order valence-electron chi connectivity index (χ0n) is 11.5. The van der Waals surface area contributed by atoms with Crippen molar-refractivity contribution < 1.29 is 27.4 Å². The molecule has 1 aromatic carbocycles. The van der Waals surface area contributed by atoms with E-state index in [1.165, 1.54) is 18.2 Å². The largest absolute Gasteiger partial charge is 0.573 e. The number of rotatable bonds is 4. The Morgan fingerprint density at radius 2 is 2.14 bits per heavy atom. The number of ether oxygens (including phenoxy) is 2. The van der Waals surface area contributed by atoms with E-state index in [0.717, 1.165) is 12.6 Å². The highest BCUT2D eigenvalue weighted by atomic mass is 19.4. The van der Waals surface area contributed by atoms with Crippen LogP contribution in [0.1, 0.15) is 17.3 Å². The number of carbonyl (C=O) groups excluding carboxylic acids is 1. The number of para-hydroxylation sites is 1. The fraction of sp³-hybridized carbons (Fsp3) is 0.500. The zero-order chi connectivity index (χ0) is 15.5. The quantitative estimate of drug-likeness (QED) is 0.801. The number of nitrogens with zero attached hydrogens (tertiary/aromatic N) is 1. The van der Waals surface area contributed by atoms with Crippen molar-refractivity contribution in [2.24, 2.45) is 0 Å². The molecule has 1 saturated heterocycles. The smallest absolute Gasteiger partial charge is 0.405 e. The summed E-state index contributed by atoms with van der Waals surface area (Å²) in [6.07, 6.45) is -5.60. The van der Waals surface area contributed by atoms with Crippen molar-refractivity contribution in [3.63, 3.8) is 0 Å². The molecule has 0 saturated carbocycles. The molecule has 1 unspecified atom stereocenters. The lowest BCUT2D eigenvalue weighted by Crippen LogP contribution is -2.46. The molecule has 1 aliphatic rings. The van der Waals surface area contributed by atoms with Crippen molar-refractivity contribution in [2.75, 3.05) is 26.2 Å². The second-order valence-electron chi connectivity index (χ2n) is 4.66. The first kappa shape index (κ1) is 15.8. The summed E-state index contributed by atoms with van der Waals surface area (Å²) < 4.78 is 46.4. The molecule has 0 aromatic heterocycles. The van der Waals surface area contributed by atoms with Crippen LogP contribution in [0, 0.1) is 0 Å². The molecule has 0 radical (unpaired) electrons. The average molecular weight is 303 g/mol. The molecule has 0 amide bonds. The fourth-order valence-corrected chi connectivity index (χ4v) is 2.21. The van der Waals surface area contributed by atoms with E-state index in [2.05, 4.69) is 4.74 Å². The van der Waals surface area contributed by atoms with Crippen molar-refractivity contribution in [2.45, 2.75) is 19.4 Å². The van der Waals surface area contributed by atoms with Crippen LogP contribution in [-0.4, -0.2) is 49.4 Å². The summed E-state index contributed by atoms with van der Waals surface area (Å²) in [6, 6.07) is 5.33. The van der Waals surface area contributed by atoms with Crippen LogP contribution < -0.4 is 4.74 Å². The van der Waals surface area contributed by atoms with Gasteiger partial charge in [0.15, 0.2) is 5.78 Å². The number of hydrogen-bond acceptors (Lipinski definition) is 4. The number of halogens is 3. The summed E-state index contributed by atoms with van der Waals surface area (Å²) in [6.45, 7) is 4.17. The molecule has 4 nitrogen and oxygen atoms in total. The number of likely N-dealkylation sites (N-methyl/N-ethyl adjacent to an activating group) is 1. The van der Waals surface area contributed by atoms with Gasteiger partial charge >= 0.3 is 6.36 Å². The van der Waals surface area contributed by atoms with Crippen LogP contribution in [0.15, 0.2) is 24.3 Å². The molecule has 2 rings (SSSR count). The fourth-order valence-electron chi connectivity index (χ4n) is 2.21. The number of Topliss-reactive ketones (excluding diaryl/α,β-unsaturated/α-hetero) is 1. The Morgan fingerprint density at radius 1 is 1.43 bits per heavy atom. The predicted octanol–water partition coefficient (Wildman–Crippen LogP) is 2.49. The van der Waals surface area contributed by atoms with Crippen LogP contribution in [-0.2, 0) is 4.74 Å². The molecule has 0 bridgehead atoms. The monoisotopic (exact) mass is 303 g/mol. The van der Waals surface area contributed by atoms with Crippen molar-refractivity contribution in [1.82, 2.24) is 4.90 Å². The second kappa shape index (κ2) is 6.44. The zero-order valence-corrected chi connectivity index (χ0v) is 11.5. The van der Waals surface area contributed by atoms with E-state index in [0.29, 0.717) is 19.7 Å². The lowest BCUT2D eigenvalue weighted by molar-refractivity contribution is -0.274. The first-order chi connectivity index (χ1) is 9.90. The van der Waals surface area contributed by atoms with Gasteiger partial charge in [0.25, 0.3) is 0 Å². The van der Waals surface area contributed by atoms with Gasteiger partial charge in [-0.05, 0) is 18.7 Å². The summed E-state index contributed by atoms with van der Waals surface area (Å²) in [4.78, 5) is 14.4. The molecule has 1 aromatic rings. The van der Waals surface area contributed by atoms with E-state index < -0.39 is 24.0 Å². The average Bonchev–Trinajstić information content (AvgIpc) is 2.45. The first-order valence-electron chi connectivity index (χ1n) is 6.63. The normalized spacial score (nSPS) is 20.3.